The van der Waals surface area contributed by atoms with Crippen LogP contribution < -0.4 is 10.6 Å². The van der Waals surface area contributed by atoms with E-state index in [2.05, 4.69) is 10.6 Å². The average molecular weight is 321 g/mol. The molecule has 1 aliphatic rings. The number of carbonyl (C=O) groups is 1. The second kappa shape index (κ2) is 8.69. The first-order chi connectivity index (χ1) is 8.75. The maximum Gasteiger partial charge on any atom is 0.230 e. The molecular formula is C13H18Cl2N2OS. The lowest BCUT2D eigenvalue weighted by atomic mass is 10.1. The maximum absolute atomic E-state index is 11.8. The highest BCUT2D eigenvalue weighted by atomic mass is 35.5. The van der Waals surface area contributed by atoms with E-state index in [1.165, 1.54) is 11.8 Å². The molecule has 0 radical (unpaired) electrons. The molecule has 0 aliphatic carbocycles. The lowest BCUT2D eigenvalue weighted by molar-refractivity contribution is -0.119. The molecule has 2 N–H and O–H groups in total. The molecule has 0 aromatic heterocycles. The van der Waals surface area contributed by atoms with Crippen LogP contribution in [-0.4, -0.2) is 30.8 Å². The van der Waals surface area contributed by atoms with Crippen molar-refractivity contribution in [3.8, 4) is 0 Å². The van der Waals surface area contributed by atoms with Crippen molar-refractivity contribution in [1.29, 1.82) is 0 Å². The third-order valence-corrected chi connectivity index (χ3v) is 4.41. The van der Waals surface area contributed by atoms with Gasteiger partial charge in [-0.3, -0.25) is 4.79 Å². The molecule has 106 valence electrons. The Kier molecular flexibility index (Phi) is 7.61. The largest absolute Gasteiger partial charge is 0.353 e. The van der Waals surface area contributed by atoms with Crippen LogP contribution in [0.5, 0.6) is 0 Å². The molecule has 2 rings (SSSR count). The van der Waals surface area contributed by atoms with E-state index in [1.807, 2.05) is 24.3 Å². The Bertz CT molecular complexity index is 411. The van der Waals surface area contributed by atoms with E-state index < -0.39 is 0 Å². The van der Waals surface area contributed by atoms with Gasteiger partial charge in [0.1, 0.15) is 0 Å². The summed E-state index contributed by atoms with van der Waals surface area (Å²) < 4.78 is 0. The summed E-state index contributed by atoms with van der Waals surface area (Å²) in [6, 6.07) is 7.92. The van der Waals surface area contributed by atoms with Gasteiger partial charge in [-0.15, -0.1) is 24.2 Å². The number of halogens is 2. The van der Waals surface area contributed by atoms with Crippen LogP contribution in [0.4, 0.5) is 0 Å². The van der Waals surface area contributed by atoms with Gasteiger partial charge < -0.3 is 10.6 Å². The van der Waals surface area contributed by atoms with Gasteiger partial charge in [0.2, 0.25) is 5.91 Å². The Labute approximate surface area is 129 Å². The summed E-state index contributed by atoms with van der Waals surface area (Å²) in [6.45, 7) is 1.98. The zero-order valence-corrected chi connectivity index (χ0v) is 12.9. The summed E-state index contributed by atoms with van der Waals surface area (Å²) in [6.07, 6.45) is 2.03. The van der Waals surface area contributed by atoms with Crippen molar-refractivity contribution in [2.24, 2.45) is 0 Å². The van der Waals surface area contributed by atoms with Gasteiger partial charge in [-0.05, 0) is 38.1 Å². The predicted octanol–water partition coefficient (Wildman–Crippen LogP) is 2.72. The second-order valence-corrected chi connectivity index (χ2v) is 5.74. The van der Waals surface area contributed by atoms with E-state index in [4.69, 9.17) is 11.6 Å². The van der Waals surface area contributed by atoms with E-state index in [9.17, 15) is 4.79 Å². The van der Waals surface area contributed by atoms with Gasteiger partial charge in [-0.1, -0.05) is 23.7 Å². The molecule has 1 amide bonds. The molecule has 1 aromatic rings. The maximum atomic E-state index is 11.8. The first kappa shape index (κ1) is 16.6. The fourth-order valence-corrected chi connectivity index (χ4v) is 2.99. The van der Waals surface area contributed by atoms with Crippen molar-refractivity contribution >= 4 is 41.7 Å². The first-order valence-corrected chi connectivity index (χ1v) is 7.49. The first-order valence-electron chi connectivity index (χ1n) is 6.13. The fourth-order valence-electron chi connectivity index (χ4n) is 1.94. The summed E-state index contributed by atoms with van der Waals surface area (Å²) in [4.78, 5) is 12.8. The lowest BCUT2D eigenvalue weighted by Crippen LogP contribution is -2.43. The molecule has 0 atom stereocenters. The van der Waals surface area contributed by atoms with Gasteiger partial charge in [0.05, 0.1) is 10.8 Å². The normalized spacial score (nSPS) is 15.6. The van der Waals surface area contributed by atoms with E-state index in [0.29, 0.717) is 16.8 Å². The van der Waals surface area contributed by atoms with Gasteiger partial charge in [-0.2, -0.15) is 0 Å². The van der Waals surface area contributed by atoms with Gasteiger partial charge in [0.25, 0.3) is 0 Å². The van der Waals surface area contributed by atoms with E-state index in [1.54, 1.807) is 0 Å². The standard InChI is InChI=1S/C13H17ClN2OS.ClH/c14-11-3-1-2-4-12(11)18-9-13(17)16-10-5-7-15-8-6-10;/h1-4,10,15H,5-9H2,(H,16,17);1H. The number of nitrogens with one attached hydrogen (secondary N) is 2. The van der Waals surface area contributed by atoms with Crippen LogP contribution in [0.2, 0.25) is 5.02 Å². The topological polar surface area (TPSA) is 41.1 Å². The number of thioether (sulfide) groups is 1. The molecular weight excluding hydrogens is 303 g/mol. The number of amides is 1. The molecule has 0 bridgehead atoms. The monoisotopic (exact) mass is 320 g/mol. The highest BCUT2D eigenvalue weighted by molar-refractivity contribution is 8.00. The molecule has 3 nitrogen and oxygen atoms in total. The Morgan fingerprint density at radius 1 is 1.37 bits per heavy atom. The van der Waals surface area contributed by atoms with Gasteiger partial charge in [-0.25, -0.2) is 0 Å². The van der Waals surface area contributed by atoms with Gasteiger partial charge in [0.15, 0.2) is 0 Å². The van der Waals surface area contributed by atoms with Crippen molar-refractivity contribution in [3.05, 3.63) is 29.3 Å². The quantitative estimate of drug-likeness (QED) is 0.838. The van der Waals surface area contributed by atoms with E-state index in [0.717, 1.165) is 30.8 Å². The molecule has 0 unspecified atom stereocenters. The molecule has 6 heteroatoms. The molecule has 1 saturated heterocycles. The lowest BCUT2D eigenvalue weighted by Gasteiger charge is -2.23. The molecule has 19 heavy (non-hydrogen) atoms. The average Bonchev–Trinajstić information content (AvgIpc) is 2.39. The summed E-state index contributed by atoms with van der Waals surface area (Å²) >= 11 is 7.52. The van der Waals surface area contributed by atoms with E-state index in [-0.39, 0.29) is 18.3 Å². The van der Waals surface area contributed by atoms with Crippen molar-refractivity contribution < 1.29 is 4.79 Å². The third kappa shape index (κ3) is 5.61. The van der Waals surface area contributed by atoms with Crippen LogP contribution in [0.15, 0.2) is 29.2 Å². The molecule has 1 aliphatic heterocycles. The summed E-state index contributed by atoms with van der Waals surface area (Å²) in [5.41, 5.74) is 0. The Morgan fingerprint density at radius 3 is 2.74 bits per heavy atom. The van der Waals surface area contributed by atoms with Crippen LogP contribution in [0.1, 0.15) is 12.8 Å². The SMILES string of the molecule is Cl.O=C(CSc1ccccc1Cl)NC1CCNCC1. The van der Waals surface area contributed by atoms with Gasteiger partial charge in [0, 0.05) is 10.9 Å². The zero-order valence-electron chi connectivity index (χ0n) is 10.5. The Morgan fingerprint density at radius 2 is 2.05 bits per heavy atom. The number of carbonyl (C=O) groups excluding carboxylic acids is 1. The third-order valence-electron chi connectivity index (χ3n) is 2.90. The Balaban J connectivity index is 0.00000180. The van der Waals surface area contributed by atoms with Crippen molar-refractivity contribution in [2.45, 2.75) is 23.8 Å². The van der Waals surface area contributed by atoms with Crippen LogP contribution in [-0.2, 0) is 4.79 Å². The van der Waals surface area contributed by atoms with Gasteiger partial charge >= 0.3 is 0 Å². The highest BCUT2D eigenvalue weighted by Crippen LogP contribution is 2.26. The number of hydrogen-bond donors (Lipinski definition) is 2. The number of hydrogen-bond acceptors (Lipinski definition) is 3. The second-order valence-electron chi connectivity index (χ2n) is 4.31. The van der Waals surface area contributed by atoms with Crippen LogP contribution >= 0.6 is 35.8 Å². The molecule has 1 aromatic carbocycles. The minimum Gasteiger partial charge on any atom is -0.353 e. The molecule has 0 spiro atoms. The van der Waals surface area contributed by atoms with Crippen molar-refractivity contribution in [3.63, 3.8) is 0 Å². The zero-order chi connectivity index (χ0) is 12.8. The number of piperidine rings is 1. The number of rotatable bonds is 4. The summed E-state index contributed by atoms with van der Waals surface area (Å²) in [5, 5.41) is 7.05. The van der Waals surface area contributed by atoms with E-state index >= 15 is 0 Å². The smallest absolute Gasteiger partial charge is 0.230 e. The highest BCUT2D eigenvalue weighted by Gasteiger charge is 2.15. The molecule has 1 heterocycles. The van der Waals surface area contributed by atoms with Crippen LogP contribution in [0.3, 0.4) is 0 Å². The van der Waals surface area contributed by atoms with Crippen molar-refractivity contribution in [2.75, 3.05) is 18.8 Å². The van der Waals surface area contributed by atoms with Crippen LogP contribution in [0, 0.1) is 0 Å². The van der Waals surface area contributed by atoms with Crippen LogP contribution in [0.25, 0.3) is 0 Å². The predicted molar refractivity (Wildman–Crippen MR) is 83.5 cm³/mol. The minimum absolute atomic E-state index is 0. The minimum atomic E-state index is 0. The number of benzene rings is 1. The molecule has 1 fully saturated rings. The fraction of sp³-hybridized carbons (Fsp3) is 0.462. The summed E-state index contributed by atoms with van der Waals surface area (Å²) in [5.74, 6) is 0.514. The summed E-state index contributed by atoms with van der Waals surface area (Å²) in [7, 11) is 0. The Hall–Kier alpha value is -0.420. The van der Waals surface area contributed by atoms with Crippen molar-refractivity contribution in [1.82, 2.24) is 10.6 Å². The molecule has 0 saturated carbocycles.